The van der Waals surface area contributed by atoms with Gasteiger partial charge in [-0.2, -0.15) is 0 Å². The van der Waals surface area contributed by atoms with E-state index in [9.17, 15) is 17.7 Å². The standard InChI is InChI=1S/C8H16O2.2C8H15O.C3H7O.O.Ti/c1-7(2)5-3-4-6-8(9)10;2*1-8(2)6-4-3-5-7-9;1-3(2)4;;/h7H,3-6H2,1-2H3,(H,9,10);2*8H,3-6H2,1-2H3;3H,1-2H3;;/q;;;-1;;+2/p-1. The van der Waals surface area contributed by atoms with Crippen LogP contribution in [0.2, 0.25) is 0 Å². The van der Waals surface area contributed by atoms with Gasteiger partial charge in [0.1, 0.15) is 0 Å². The molecule has 0 aromatic carbocycles. The van der Waals surface area contributed by atoms with Gasteiger partial charge in [-0.3, -0.25) is 0 Å². The van der Waals surface area contributed by atoms with Gasteiger partial charge in [-0.25, -0.2) is 0 Å². The molecule has 0 aliphatic heterocycles. The van der Waals surface area contributed by atoms with E-state index in [-0.39, 0.29) is 19.3 Å². The third-order valence-corrected chi connectivity index (χ3v) is 12.1. The molecular weight excluding hydrogens is 468 g/mol. The van der Waals surface area contributed by atoms with E-state index in [4.69, 9.17) is 6.64 Å². The second-order valence-corrected chi connectivity index (χ2v) is 16.9. The summed E-state index contributed by atoms with van der Waals surface area (Å²) in [5.41, 5.74) is 0. The zero-order valence-electron chi connectivity index (χ0n) is 23.2. The molecule has 200 valence electrons. The normalized spacial score (nSPS) is 12.7. The van der Waals surface area contributed by atoms with Crippen LogP contribution in [0.5, 0.6) is 0 Å². The summed E-state index contributed by atoms with van der Waals surface area (Å²) in [4.78, 5) is 39.7. The van der Waals surface area contributed by atoms with Crippen LogP contribution < -0.4 is 0 Å². The quantitative estimate of drug-likeness (QED) is 0.122. The van der Waals surface area contributed by atoms with Gasteiger partial charge in [0.25, 0.3) is 0 Å². The van der Waals surface area contributed by atoms with Crippen LogP contribution >= 0.6 is 0 Å². The first-order valence-electron chi connectivity index (χ1n) is 13.6. The number of carbonyl (C=O) groups is 3. The maximum absolute atomic E-state index is 14.5. The summed E-state index contributed by atoms with van der Waals surface area (Å²) in [5, 5.41) is 0. The Morgan fingerprint density at radius 3 is 1.26 bits per heavy atom. The van der Waals surface area contributed by atoms with Crippen LogP contribution in [0.3, 0.4) is 0 Å². The Morgan fingerprint density at radius 2 is 0.941 bits per heavy atom. The summed E-state index contributed by atoms with van der Waals surface area (Å²) in [6, 6.07) is 0. The molecule has 0 saturated heterocycles. The second kappa shape index (κ2) is 16.1. The molecule has 0 N–H and O–H groups in total. The monoisotopic (exact) mass is 520 g/mol. The van der Waals surface area contributed by atoms with E-state index >= 15 is 0 Å². The molecular formula is C27H52O6Ti. The van der Waals surface area contributed by atoms with Crippen molar-refractivity contribution in [3.63, 3.8) is 0 Å². The molecule has 34 heavy (non-hydrogen) atoms. The number of hydrogen-bond donors (Lipinski definition) is 0. The summed E-state index contributed by atoms with van der Waals surface area (Å²) in [6.45, 7) is 15.9. The van der Waals surface area contributed by atoms with Gasteiger partial charge in [0.2, 0.25) is 0 Å². The van der Waals surface area contributed by atoms with Crippen molar-refractivity contribution in [1.82, 2.24) is 0 Å². The van der Waals surface area contributed by atoms with Crippen molar-refractivity contribution in [2.24, 2.45) is 17.8 Å². The van der Waals surface area contributed by atoms with Gasteiger partial charge in [-0.05, 0) is 0 Å². The molecule has 0 fully saturated rings. The predicted octanol–water partition coefficient (Wildman–Crippen LogP) is 7.52. The van der Waals surface area contributed by atoms with E-state index in [0.29, 0.717) is 37.0 Å². The summed E-state index contributed by atoms with van der Waals surface area (Å²) in [6.07, 6.45) is 5.95. The average molecular weight is 521 g/mol. The Labute approximate surface area is 210 Å². The van der Waals surface area contributed by atoms with Crippen molar-refractivity contribution < 1.29 is 40.4 Å². The number of carbonyl (C=O) groups excluding carboxylic acids is 3. The molecule has 0 aliphatic rings. The topological polar surface area (TPSA) is 86.7 Å². The van der Waals surface area contributed by atoms with Gasteiger partial charge in [-0.1, -0.05) is 0 Å². The van der Waals surface area contributed by atoms with Crippen LogP contribution in [0.25, 0.3) is 0 Å². The first-order valence-corrected chi connectivity index (χ1v) is 17.0. The zero-order chi connectivity index (χ0) is 26.4. The van der Waals surface area contributed by atoms with E-state index in [1.54, 1.807) is 13.8 Å². The van der Waals surface area contributed by atoms with Gasteiger partial charge in [0.05, 0.1) is 0 Å². The van der Waals surface area contributed by atoms with E-state index < -0.39 is 36.3 Å². The molecule has 0 radical (unpaired) electrons. The molecule has 0 rings (SSSR count). The van der Waals surface area contributed by atoms with Gasteiger partial charge < -0.3 is 0 Å². The third-order valence-electron chi connectivity index (χ3n) is 5.99. The molecule has 0 aromatic heterocycles. The van der Waals surface area contributed by atoms with E-state index in [1.807, 2.05) is 0 Å². The molecule has 0 spiro atoms. The Morgan fingerprint density at radius 1 is 0.588 bits per heavy atom. The SMILES string of the molecule is CC(C)CCCCC(=O)[O][Ti](=[O])([O]C(C)C)([C](=O)CCCCC(C)C)[C](=O)CCCCC(C)C. The van der Waals surface area contributed by atoms with Gasteiger partial charge >= 0.3 is 211 Å². The Hall–Kier alpha value is -0.716. The molecule has 0 atom stereocenters. The number of unbranched alkanes of at least 4 members (excludes halogenated alkanes) is 3. The number of rotatable bonds is 20. The van der Waals surface area contributed by atoms with E-state index in [1.165, 1.54) is 0 Å². The van der Waals surface area contributed by atoms with E-state index in [2.05, 4.69) is 41.5 Å². The van der Waals surface area contributed by atoms with Crippen LogP contribution in [-0.4, -0.2) is 20.2 Å². The first kappa shape index (κ1) is 33.3. The molecule has 6 nitrogen and oxygen atoms in total. The second-order valence-electron chi connectivity index (χ2n) is 11.4. The summed E-state index contributed by atoms with van der Waals surface area (Å²) in [7, 11) is 0. The van der Waals surface area contributed by atoms with Crippen LogP contribution in [0.4, 0.5) is 0 Å². The van der Waals surface area contributed by atoms with Gasteiger partial charge in [0, 0.05) is 0 Å². The molecule has 0 unspecified atom stereocenters. The van der Waals surface area contributed by atoms with Crippen LogP contribution in [0.1, 0.15) is 132 Å². The fraction of sp³-hybridized carbons (Fsp3) is 0.889. The fourth-order valence-electron chi connectivity index (χ4n) is 4.04. The van der Waals surface area contributed by atoms with Crippen molar-refractivity contribution in [2.45, 2.75) is 139 Å². The van der Waals surface area contributed by atoms with Crippen molar-refractivity contribution in [3.05, 3.63) is 0 Å². The number of hydrogen-bond acceptors (Lipinski definition) is 6. The summed E-state index contributed by atoms with van der Waals surface area (Å²) < 4.78 is 24.2. The average Bonchev–Trinajstić information content (AvgIpc) is 2.70. The molecule has 0 aliphatic carbocycles. The molecule has 7 heteroatoms. The van der Waals surface area contributed by atoms with E-state index in [0.717, 1.165) is 38.5 Å². The van der Waals surface area contributed by atoms with Gasteiger partial charge in [0.15, 0.2) is 0 Å². The predicted molar refractivity (Wildman–Crippen MR) is 133 cm³/mol. The minimum absolute atomic E-state index is 0.0248. The molecule has 0 heterocycles. The Bertz CT molecular complexity index is 661. The minimum atomic E-state index is -6.65. The molecule has 0 bridgehead atoms. The van der Waals surface area contributed by atoms with Crippen LogP contribution in [0, 0.1) is 17.8 Å². The Balaban J connectivity index is 5.75. The van der Waals surface area contributed by atoms with Crippen molar-refractivity contribution in [1.29, 1.82) is 0 Å². The zero-order valence-corrected chi connectivity index (χ0v) is 24.8. The summed E-state index contributed by atoms with van der Waals surface area (Å²) >= 11 is -6.65. The van der Waals surface area contributed by atoms with Crippen molar-refractivity contribution >= 4 is 14.1 Å². The fourth-order valence-corrected chi connectivity index (χ4v) is 9.41. The third kappa shape index (κ3) is 12.3. The van der Waals surface area contributed by atoms with Crippen LogP contribution in [-0.2, 0) is 40.4 Å². The Kier molecular flexibility index (Phi) is 15.8. The first-order chi connectivity index (χ1) is 15.7. The van der Waals surface area contributed by atoms with Crippen molar-refractivity contribution in [3.8, 4) is 0 Å². The van der Waals surface area contributed by atoms with Crippen molar-refractivity contribution in [2.75, 3.05) is 0 Å². The molecule has 0 amide bonds. The molecule has 0 saturated carbocycles. The van der Waals surface area contributed by atoms with Gasteiger partial charge in [-0.15, -0.1) is 0 Å². The summed E-state index contributed by atoms with van der Waals surface area (Å²) in [5.74, 6) is 0.729. The maximum atomic E-state index is 14.5. The molecule has 0 aromatic rings. The van der Waals surface area contributed by atoms with Crippen LogP contribution in [0.15, 0.2) is 0 Å².